The summed E-state index contributed by atoms with van der Waals surface area (Å²) in [7, 11) is -3.26. The zero-order valence-electron chi connectivity index (χ0n) is 13.7. The number of hydrogen-bond donors (Lipinski definition) is 2. The van der Waals surface area contributed by atoms with Crippen LogP contribution in [0.4, 0.5) is 4.39 Å². The molecule has 2 N–H and O–H groups in total. The number of imidazole rings is 1. The summed E-state index contributed by atoms with van der Waals surface area (Å²) >= 11 is 0. The predicted octanol–water partition coefficient (Wildman–Crippen LogP) is 2.88. The molecule has 0 radical (unpaired) electrons. The van der Waals surface area contributed by atoms with Gasteiger partial charge in [-0.2, -0.15) is 0 Å². The van der Waals surface area contributed by atoms with Crippen LogP contribution >= 0.6 is 0 Å². The second-order valence-electron chi connectivity index (χ2n) is 6.02. The first-order valence-electron chi connectivity index (χ1n) is 7.52. The predicted molar refractivity (Wildman–Crippen MR) is 92.2 cm³/mol. The molecule has 0 saturated carbocycles. The third-order valence-corrected chi connectivity index (χ3v) is 5.17. The fourth-order valence-electron chi connectivity index (χ4n) is 2.51. The lowest BCUT2D eigenvalue weighted by molar-refractivity contribution is 0.0931. The van der Waals surface area contributed by atoms with Crippen LogP contribution in [0.25, 0.3) is 11.3 Å². The lowest BCUT2D eigenvalue weighted by Crippen LogP contribution is -2.24. The molecule has 0 amide bonds. The van der Waals surface area contributed by atoms with Gasteiger partial charge in [0.15, 0.2) is 9.84 Å². The molecule has 0 aliphatic rings. The molecule has 130 valence electrons. The van der Waals surface area contributed by atoms with Crippen LogP contribution in [-0.4, -0.2) is 29.7 Å². The number of aliphatic hydroxyl groups is 1. The number of hydrogen-bond acceptors (Lipinski definition) is 4. The minimum atomic E-state index is -3.26. The van der Waals surface area contributed by atoms with Crippen molar-refractivity contribution in [2.45, 2.75) is 17.4 Å². The van der Waals surface area contributed by atoms with Crippen molar-refractivity contribution in [1.29, 1.82) is 0 Å². The van der Waals surface area contributed by atoms with Gasteiger partial charge in [-0.1, -0.05) is 24.3 Å². The van der Waals surface area contributed by atoms with E-state index in [1.165, 1.54) is 36.4 Å². The van der Waals surface area contributed by atoms with Gasteiger partial charge in [0.1, 0.15) is 17.2 Å². The second kappa shape index (κ2) is 6.09. The number of aromatic amines is 1. The molecule has 0 saturated heterocycles. The fraction of sp³-hybridized carbons (Fsp3) is 0.167. The number of nitrogens with zero attached hydrogens (tertiary/aromatic N) is 1. The molecule has 3 rings (SSSR count). The van der Waals surface area contributed by atoms with Crippen LogP contribution in [0, 0.1) is 5.82 Å². The first-order valence-corrected chi connectivity index (χ1v) is 9.41. The maximum absolute atomic E-state index is 13.1. The minimum Gasteiger partial charge on any atom is -0.377 e. The van der Waals surface area contributed by atoms with Crippen molar-refractivity contribution < 1.29 is 17.9 Å². The highest BCUT2D eigenvalue weighted by atomic mass is 32.2. The molecular weight excluding hydrogens is 343 g/mol. The van der Waals surface area contributed by atoms with Gasteiger partial charge in [-0.05, 0) is 42.3 Å². The van der Waals surface area contributed by atoms with Gasteiger partial charge in [0, 0.05) is 6.26 Å². The van der Waals surface area contributed by atoms with Gasteiger partial charge in [-0.25, -0.2) is 17.8 Å². The summed E-state index contributed by atoms with van der Waals surface area (Å²) in [6.45, 7) is 1.57. The van der Waals surface area contributed by atoms with Gasteiger partial charge < -0.3 is 10.1 Å². The average molecular weight is 360 g/mol. The van der Waals surface area contributed by atoms with E-state index in [9.17, 15) is 17.9 Å². The molecule has 0 bridgehead atoms. The van der Waals surface area contributed by atoms with Gasteiger partial charge >= 0.3 is 0 Å². The lowest BCUT2D eigenvalue weighted by atomic mass is 9.95. The van der Waals surface area contributed by atoms with E-state index in [-0.39, 0.29) is 10.7 Å². The van der Waals surface area contributed by atoms with E-state index in [2.05, 4.69) is 9.97 Å². The summed E-state index contributed by atoms with van der Waals surface area (Å²) in [5, 5.41) is 10.8. The number of rotatable bonds is 4. The first-order chi connectivity index (χ1) is 11.7. The second-order valence-corrected chi connectivity index (χ2v) is 8.04. The van der Waals surface area contributed by atoms with Crippen LogP contribution in [0.1, 0.15) is 18.3 Å². The quantitative estimate of drug-likeness (QED) is 0.749. The standard InChI is InChI=1S/C18H17FN2O3S/c1-18(22,13-5-7-14(19)8-6-13)17-20-11-16(21-17)12-3-9-15(10-4-12)25(2,23)24/h3-11,22H,1-2H3,(H,20,21). The number of aromatic nitrogens is 2. The summed E-state index contributed by atoms with van der Waals surface area (Å²) in [5.74, 6) is -0.0769. The van der Waals surface area contributed by atoms with E-state index in [4.69, 9.17) is 0 Å². The highest BCUT2D eigenvalue weighted by Crippen LogP contribution is 2.29. The number of H-pyrrole nitrogens is 1. The monoisotopic (exact) mass is 360 g/mol. The largest absolute Gasteiger partial charge is 0.377 e. The van der Waals surface area contributed by atoms with E-state index >= 15 is 0 Å². The molecule has 5 nitrogen and oxygen atoms in total. The number of sulfone groups is 1. The first kappa shape index (κ1) is 17.3. The fourth-order valence-corrected chi connectivity index (χ4v) is 3.14. The Morgan fingerprint density at radius 1 is 1.08 bits per heavy atom. The molecule has 0 aliphatic carbocycles. The normalized spacial score (nSPS) is 14.2. The molecule has 1 aromatic heterocycles. The minimum absolute atomic E-state index is 0.231. The summed E-state index contributed by atoms with van der Waals surface area (Å²) < 4.78 is 36.1. The van der Waals surface area contributed by atoms with Gasteiger partial charge in [0.25, 0.3) is 0 Å². The zero-order chi connectivity index (χ0) is 18.2. The van der Waals surface area contributed by atoms with Crippen molar-refractivity contribution >= 4 is 9.84 Å². The van der Waals surface area contributed by atoms with Crippen molar-refractivity contribution in [3.05, 3.63) is 71.9 Å². The third-order valence-electron chi connectivity index (χ3n) is 4.04. The zero-order valence-corrected chi connectivity index (χ0v) is 14.5. The average Bonchev–Trinajstić information content (AvgIpc) is 3.05. The van der Waals surface area contributed by atoms with Crippen LogP contribution in [0.2, 0.25) is 0 Å². The molecule has 3 aromatic rings. The Morgan fingerprint density at radius 2 is 1.68 bits per heavy atom. The number of benzene rings is 2. The van der Waals surface area contributed by atoms with Crippen molar-refractivity contribution in [3.63, 3.8) is 0 Å². The van der Waals surface area contributed by atoms with Crippen molar-refractivity contribution in [1.82, 2.24) is 9.97 Å². The van der Waals surface area contributed by atoms with Gasteiger partial charge in [0.05, 0.1) is 16.8 Å². The van der Waals surface area contributed by atoms with Crippen LogP contribution in [0.5, 0.6) is 0 Å². The van der Waals surface area contributed by atoms with Gasteiger partial charge in [0.2, 0.25) is 0 Å². The molecule has 0 spiro atoms. The van der Waals surface area contributed by atoms with E-state index < -0.39 is 15.4 Å². The summed E-state index contributed by atoms with van der Waals surface area (Å²) in [4.78, 5) is 7.48. The molecule has 7 heteroatoms. The van der Waals surface area contributed by atoms with Gasteiger partial charge in [-0.3, -0.25) is 0 Å². The maximum atomic E-state index is 13.1. The SMILES string of the molecule is CC(O)(c1ccc(F)cc1)c1ncc(-c2ccc(S(C)(=O)=O)cc2)[nH]1. The van der Waals surface area contributed by atoms with Crippen LogP contribution in [0.15, 0.2) is 59.6 Å². The molecule has 25 heavy (non-hydrogen) atoms. The maximum Gasteiger partial charge on any atom is 0.175 e. The van der Waals surface area contributed by atoms with E-state index in [1.807, 2.05) is 0 Å². The highest BCUT2D eigenvalue weighted by Gasteiger charge is 2.29. The molecule has 2 aromatic carbocycles. The van der Waals surface area contributed by atoms with Gasteiger partial charge in [-0.15, -0.1) is 0 Å². The van der Waals surface area contributed by atoms with Crippen LogP contribution in [-0.2, 0) is 15.4 Å². The molecular formula is C18H17FN2O3S. The summed E-state index contributed by atoms with van der Waals surface area (Å²) in [6.07, 6.45) is 2.71. The number of halogens is 1. The Balaban J connectivity index is 1.93. The molecule has 1 atom stereocenters. The summed E-state index contributed by atoms with van der Waals surface area (Å²) in [5.41, 5.74) is 0.458. The van der Waals surface area contributed by atoms with Crippen molar-refractivity contribution in [2.24, 2.45) is 0 Å². The van der Waals surface area contributed by atoms with E-state index in [0.717, 1.165) is 11.8 Å². The Hall–Kier alpha value is -2.51. The van der Waals surface area contributed by atoms with Crippen molar-refractivity contribution in [2.75, 3.05) is 6.26 Å². The number of nitrogens with one attached hydrogen (secondary N) is 1. The Kier molecular flexibility index (Phi) is 4.22. The summed E-state index contributed by atoms with van der Waals surface area (Å²) in [6, 6.07) is 11.9. The molecule has 0 fully saturated rings. The molecule has 1 unspecified atom stereocenters. The smallest absolute Gasteiger partial charge is 0.175 e. The Morgan fingerprint density at radius 3 is 2.24 bits per heavy atom. The topological polar surface area (TPSA) is 83.1 Å². The van der Waals surface area contributed by atoms with E-state index in [1.54, 1.807) is 25.3 Å². The molecule has 0 aliphatic heterocycles. The molecule has 1 heterocycles. The van der Waals surface area contributed by atoms with E-state index in [0.29, 0.717) is 17.1 Å². The Bertz CT molecular complexity index is 992. The highest BCUT2D eigenvalue weighted by molar-refractivity contribution is 7.90. The lowest BCUT2D eigenvalue weighted by Gasteiger charge is -2.21. The third kappa shape index (κ3) is 3.47. The van der Waals surface area contributed by atoms with Crippen LogP contribution < -0.4 is 0 Å². The Labute approximate surface area is 145 Å². The van der Waals surface area contributed by atoms with Crippen LogP contribution in [0.3, 0.4) is 0 Å². The van der Waals surface area contributed by atoms with Crippen molar-refractivity contribution in [3.8, 4) is 11.3 Å².